The molecule has 0 aliphatic carbocycles. The first-order valence-electron chi connectivity index (χ1n) is 8.54. The van der Waals surface area contributed by atoms with E-state index in [2.05, 4.69) is 13.5 Å². The highest BCUT2D eigenvalue weighted by molar-refractivity contribution is 8.10. The van der Waals surface area contributed by atoms with Crippen molar-refractivity contribution in [3.8, 4) is 0 Å². The molecule has 5 heteroatoms. The van der Waals surface area contributed by atoms with E-state index in [0.29, 0.717) is 19.6 Å². The van der Waals surface area contributed by atoms with Crippen molar-refractivity contribution in [2.24, 2.45) is 0 Å². The van der Waals surface area contributed by atoms with Crippen molar-refractivity contribution >= 4 is 24.9 Å². The summed E-state index contributed by atoms with van der Waals surface area (Å²) in [7, 11) is -3.33. The maximum absolute atomic E-state index is 13.4. The van der Waals surface area contributed by atoms with Gasteiger partial charge < -0.3 is 9.05 Å². The van der Waals surface area contributed by atoms with E-state index in [1.165, 1.54) is 0 Å². The maximum Gasteiger partial charge on any atom is 0.367 e. The molecule has 0 spiro atoms. The number of hydrogen-bond donors (Lipinski definition) is 0. The van der Waals surface area contributed by atoms with Crippen molar-refractivity contribution in [1.29, 1.82) is 0 Å². The third kappa shape index (κ3) is 6.25. The van der Waals surface area contributed by atoms with Gasteiger partial charge in [-0.3, -0.25) is 4.57 Å². The Hall–Kier alpha value is -0.800. The van der Waals surface area contributed by atoms with E-state index < -0.39 is 7.60 Å². The highest BCUT2D eigenvalue weighted by Crippen LogP contribution is 2.63. The minimum atomic E-state index is -3.33. The van der Waals surface area contributed by atoms with Gasteiger partial charge in [-0.2, -0.15) is 0 Å². The van der Waals surface area contributed by atoms with Gasteiger partial charge in [0.2, 0.25) is 0 Å². The molecule has 0 fully saturated rings. The molecule has 1 rings (SSSR count). The Bertz CT molecular complexity index is 559. The molecule has 0 aliphatic rings. The van der Waals surface area contributed by atoms with Gasteiger partial charge in [0.15, 0.2) is 0 Å². The largest absolute Gasteiger partial charge is 0.367 e. The van der Waals surface area contributed by atoms with Gasteiger partial charge in [-0.15, -0.1) is 18.3 Å². The number of rotatable bonds is 12. The standard InChI is InChI=1S/C19H29O3PS/c1-5-9-16-24-19(23(20,21-7-3)22-8-4)18(13-6-2)17-14-11-10-12-15-17/h6,10-12,14-15H,2,5,7-9,13,16H2,1,3-4H3/b19-18+. The van der Waals surface area contributed by atoms with Gasteiger partial charge in [0, 0.05) is 0 Å². The summed E-state index contributed by atoms with van der Waals surface area (Å²) in [4.78, 5) is 0. The van der Waals surface area contributed by atoms with Gasteiger partial charge in [0.1, 0.15) is 4.65 Å². The van der Waals surface area contributed by atoms with E-state index in [1.54, 1.807) is 11.8 Å². The summed E-state index contributed by atoms with van der Waals surface area (Å²) in [6.07, 6.45) is 4.62. The lowest BCUT2D eigenvalue weighted by Crippen LogP contribution is -2.01. The Kier molecular flexibility index (Phi) is 10.4. The molecule has 0 N–H and O–H groups in total. The van der Waals surface area contributed by atoms with Gasteiger partial charge in [-0.05, 0) is 43.6 Å². The molecular formula is C19H29O3PS. The lowest BCUT2D eigenvalue weighted by Gasteiger charge is -2.23. The molecule has 0 aliphatic heterocycles. The molecule has 0 atom stereocenters. The summed E-state index contributed by atoms with van der Waals surface area (Å²) >= 11 is 1.59. The Morgan fingerprint density at radius 1 is 1.17 bits per heavy atom. The Morgan fingerprint density at radius 2 is 1.79 bits per heavy atom. The molecule has 3 nitrogen and oxygen atoms in total. The fraction of sp³-hybridized carbons (Fsp3) is 0.474. The van der Waals surface area contributed by atoms with Crippen molar-refractivity contribution in [2.75, 3.05) is 19.0 Å². The minimum Gasteiger partial charge on any atom is -0.305 e. The van der Waals surface area contributed by atoms with Gasteiger partial charge >= 0.3 is 7.60 Å². The number of thioether (sulfide) groups is 1. The van der Waals surface area contributed by atoms with Crippen molar-refractivity contribution < 1.29 is 13.6 Å². The third-order valence-corrected chi connectivity index (χ3v) is 7.35. The molecule has 1 aromatic carbocycles. The van der Waals surface area contributed by atoms with E-state index in [0.717, 1.165) is 34.4 Å². The second-order valence-corrected chi connectivity index (χ2v) is 8.54. The SMILES string of the molecule is C=CC/C(=C(\SCCCC)P(=O)(OCC)OCC)c1ccccc1. The molecule has 0 heterocycles. The maximum atomic E-state index is 13.4. The van der Waals surface area contributed by atoms with Crippen LogP contribution in [0.3, 0.4) is 0 Å². The zero-order valence-corrected chi connectivity index (χ0v) is 16.7. The molecule has 0 bridgehead atoms. The molecular weight excluding hydrogens is 339 g/mol. The van der Waals surface area contributed by atoms with E-state index in [1.807, 2.05) is 50.3 Å². The van der Waals surface area contributed by atoms with Crippen molar-refractivity contribution in [3.63, 3.8) is 0 Å². The molecule has 0 amide bonds. The van der Waals surface area contributed by atoms with Crippen LogP contribution in [0.5, 0.6) is 0 Å². The number of hydrogen-bond acceptors (Lipinski definition) is 4. The quantitative estimate of drug-likeness (QED) is 0.233. The van der Waals surface area contributed by atoms with Gasteiger partial charge in [-0.25, -0.2) is 0 Å². The summed E-state index contributed by atoms with van der Waals surface area (Å²) in [5, 5.41) is 0. The van der Waals surface area contributed by atoms with Crippen LogP contribution in [0.1, 0.15) is 45.6 Å². The van der Waals surface area contributed by atoms with Crippen LogP contribution in [-0.4, -0.2) is 19.0 Å². The number of benzene rings is 1. The Morgan fingerprint density at radius 3 is 2.29 bits per heavy atom. The molecule has 0 unspecified atom stereocenters. The molecule has 0 saturated carbocycles. The summed E-state index contributed by atoms with van der Waals surface area (Å²) in [6, 6.07) is 10.0. The van der Waals surface area contributed by atoms with Gasteiger partial charge in [-0.1, -0.05) is 49.8 Å². The molecule has 1 aromatic rings. The molecule has 0 aromatic heterocycles. The molecule has 0 saturated heterocycles. The average molecular weight is 368 g/mol. The summed E-state index contributed by atoms with van der Waals surface area (Å²) in [5.74, 6) is 0.892. The van der Waals surface area contributed by atoms with Crippen LogP contribution in [-0.2, 0) is 13.6 Å². The summed E-state index contributed by atoms with van der Waals surface area (Å²) < 4.78 is 25.4. The lowest BCUT2D eigenvalue weighted by atomic mass is 10.1. The number of allylic oxidation sites excluding steroid dienone is 2. The van der Waals surface area contributed by atoms with Crippen LogP contribution < -0.4 is 0 Å². The highest BCUT2D eigenvalue weighted by atomic mass is 32.2. The van der Waals surface area contributed by atoms with Crippen LogP contribution in [0.25, 0.3) is 5.57 Å². The normalized spacial score (nSPS) is 12.8. The predicted molar refractivity (Wildman–Crippen MR) is 106 cm³/mol. The van der Waals surface area contributed by atoms with Crippen LogP contribution in [0.2, 0.25) is 0 Å². The second kappa shape index (κ2) is 11.7. The minimum absolute atomic E-state index is 0.352. The van der Waals surface area contributed by atoms with Crippen LogP contribution in [0.4, 0.5) is 0 Å². The fourth-order valence-electron chi connectivity index (χ4n) is 2.25. The van der Waals surface area contributed by atoms with Crippen molar-refractivity contribution in [2.45, 2.75) is 40.0 Å². The topological polar surface area (TPSA) is 35.5 Å². The highest BCUT2D eigenvalue weighted by Gasteiger charge is 2.33. The van der Waals surface area contributed by atoms with E-state index in [9.17, 15) is 4.57 Å². The first-order valence-corrected chi connectivity index (χ1v) is 11.1. The van der Waals surface area contributed by atoms with Crippen molar-refractivity contribution in [3.05, 3.63) is 53.2 Å². The first-order chi connectivity index (χ1) is 11.6. The van der Waals surface area contributed by atoms with Crippen LogP contribution in [0, 0.1) is 0 Å². The molecule has 24 heavy (non-hydrogen) atoms. The average Bonchev–Trinajstić information content (AvgIpc) is 2.58. The summed E-state index contributed by atoms with van der Waals surface area (Å²) in [5.41, 5.74) is 2.02. The Balaban J connectivity index is 3.43. The third-order valence-electron chi connectivity index (χ3n) is 3.31. The van der Waals surface area contributed by atoms with Crippen LogP contribution in [0.15, 0.2) is 47.6 Å². The van der Waals surface area contributed by atoms with Gasteiger partial charge in [0.05, 0.1) is 13.2 Å². The molecule has 134 valence electrons. The monoisotopic (exact) mass is 368 g/mol. The van der Waals surface area contributed by atoms with E-state index in [4.69, 9.17) is 9.05 Å². The van der Waals surface area contributed by atoms with E-state index >= 15 is 0 Å². The predicted octanol–water partition coefficient (Wildman–Crippen LogP) is 6.73. The Labute approximate surface area is 151 Å². The molecule has 0 radical (unpaired) electrons. The lowest BCUT2D eigenvalue weighted by molar-refractivity contribution is 0.228. The fourth-order valence-corrected chi connectivity index (χ4v) is 6.02. The zero-order valence-electron chi connectivity index (χ0n) is 15.0. The van der Waals surface area contributed by atoms with Crippen LogP contribution >= 0.6 is 19.4 Å². The smallest absolute Gasteiger partial charge is 0.305 e. The zero-order chi connectivity index (χ0) is 17.8. The van der Waals surface area contributed by atoms with Crippen molar-refractivity contribution in [1.82, 2.24) is 0 Å². The number of unbranched alkanes of at least 4 members (excludes halogenated alkanes) is 1. The second-order valence-electron chi connectivity index (χ2n) is 5.18. The first kappa shape index (κ1) is 21.2. The van der Waals surface area contributed by atoms with E-state index in [-0.39, 0.29) is 0 Å². The van der Waals surface area contributed by atoms with Gasteiger partial charge in [0.25, 0.3) is 0 Å². The summed E-state index contributed by atoms with van der Waals surface area (Å²) in [6.45, 7) is 10.4.